The number of nitrogens with two attached hydrogens (primary N) is 1. The van der Waals surface area contributed by atoms with Gasteiger partial charge < -0.3 is 5.73 Å². The molecular formula is C10H13F2N. The summed E-state index contributed by atoms with van der Waals surface area (Å²) in [5, 5.41) is 0. The average molecular weight is 185 g/mol. The molecule has 0 saturated heterocycles. The van der Waals surface area contributed by atoms with Gasteiger partial charge in [-0.05, 0) is 31.9 Å². The summed E-state index contributed by atoms with van der Waals surface area (Å²) < 4.78 is 26.4. The first-order valence-electron chi connectivity index (χ1n) is 4.21. The molecule has 0 aliphatic heterocycles. The van der Waals surface area contributed by atoms with Crippen molar-refractivity contribution in [3.63, 3.8) is 0 Å². The highest BCUT2D eigenvalue weighted by Crippen LogP contribution is 2.17. The summed E-state index contributed by atoms with van der Waals surface area (Å²) >= 11 is 0. The van der Waals surface area contributed by atoms with Crippen molar-refractivity contribution in [3.8, 4) is 0 Å². The van der Waals surface area contributed by atoms with E-state index >= 15 is 0 Å². The third-order valence-corrected chi connectivity index (χ3v) is 1.91. The Hall–Kier alpha value is -0.960. The third-order valence-electron chi connectivity index (χ3n) is 1.91. The summed E-state index contributed by atoms with van der Waals surface area (Å²) in [6, 6.07) is 2.47. The number of rotatable bonds is 2. The number of hydrogen-bond donors (Lipinski definition) is 1. The molecule has 1 atom stereocenters. The van der Waals surface area contributed by atoms with E-state index in [1.807, 2.05) is 0 Å². The fraction of sp³-hybridized carbons (Fsp3) is 0.400. The lowest BCUT2D eigenvalue weighted by Crippen LogP contribution is -2.19. The molecule has 0 unspecified atom stereocenters. The van der Waals surface area contributed by atoms with Crippen LogP contribution in [0.3, 0.4) is 0 Å². The maximum absolute atomic E-state index is 13.3. The highest BCUT2D eigenvalue weighted by atomic mass is 19.1. The van der Waals surface area contributed by atoms with Gasteiger partial charge in [0.2, 0.25) is 0 Å². The molecule has 0 saturated carbocycles. The zero-order valence-electron chi connectivity index (χ0n) is 7.77. The number of aryl methyl sites for hydroxylation is 1. The van der Waals surface area contributed by atoms with Crippen molar-refractivity contribution < 1.29 is 8.78 Å². The minimum absolute atomic E-state index is 0.0926. The fourth-order valence-electron chi connectivity index (χ4n) is 1.22. The molecule has 1 aromatic carbocycles. The van der Waals surface area contributed by atoms with E-state index in [0.29, 0.717) is 5.56 Å². The molecule has 1 rings (SSSR count). The van der Waals surface area contributed by atoms with Gasteiger partial charge in [-0.1, -0.05) is 6.07 Å². The summed E-state index contributed by atoms with van der Waals surface area (Å²) in [7, 11) is 0. The van der Waals surface area contributed by atoms with Gasteiger partial charge in [-0.15, -0.1) is 0 Å². The van der Waals surface area contributed by atoms with Crippen LogP contribution in [-0.2, 0) is 6.42 Å². The van der Waals surface area contributed by atoms with Crippen LogP contribution in [0.15, 0.2) is 12.1 Å². The second kappa shape index (κ2) is 3.83. The average Bonchev–Trinajstić information content (AvgIpc) is 2.05. The number of halogens is 2. The van der Waals surface area contributed by atoms with Crippen LogP contribution in [0.1, 0.15) is 18.1 Å². The molecule has 0 aliphatic rings. The van der Waals surface area contributed by atoms with Crippen molar-refractivity contribution in [2.24, 2.45) is 5.73 Å². The van der Waals surface area contributed by atoms with Crippen LogP contribution < -0.4 is 5.73 Å². The van der Waals surface area contributed by atoms with E-state index in [4.69, 9.17) is 5.73 Å². The van der Waals surface area contributed by atoms with Crippen LogP contribution in [0.25, 0.3) is 0 Å². The van der Waals surface area contributed by atoms with E-state index in [2.05, 4.69) is 0 Å². The van der Waals surface area contributed by atoms with Crippen molar-refractivity contribution in [2.45, 2.75) is 26.3 Å². The number of hydrogen-bond acceptors (Lipinski definition) is 1. The van der Waals surface area contributed by atoms with Crippen molar-refractivity contribution in [3.05, 3.63) is 34.9 Å². The van der Waals surface area contributed by atoms with Gasteiger partial charge >= 0.3 is 0 Å². The smallest absolute Gasteiger partial charge is 0.132 e. The van der Waals surface area contributed by atoms with Crippen LogP contribution >= 0.6 is 0 Å². The Morgan fingerprint density at radius 2 is 2.00 bits per heavy atom. The van der Waals surface area contributed by atoms with Crippen LogP contribution in [0.5, 0.6) is 0 Å². The predicted molar refractivity (Wildman–Crippen MR) is 48.4 cm³/mol. The highest BCUT2D eigenvalue weighted by Gasteiger charge is 2.12. The van der Waals surface area contributed by atoms with Crippen LogP contribution in [-0.4, -0.2) is 6.04 Å². The van der Waals surface area contributed by atoms with Gasteiger partial charge in [-0.25, -0.2) is 8.78 Å². The minimum Gasteiger partial charge on any atom is -0.328 e. The lowest BCUT2D eigenvalue weighted by molar-refractivity contribution is 0.537. The topological polar surface area (TPSA) is 26.0 Å². The zero-order chi connectivity index (χ0) is 10.0. The molecule has 13 heavy (non-hydrogen) atoms. The molecule has 0 bridgehead atoms. The van der Waals surface area contributed by atoms with Gasteiger partial charge in [-0.2, -0.15) is 0 Å². The van der Waals surface area contributed by atoms with Crippen molar-refractivity contribution in [1.29, 1.82) is 0 Å². The monoisotopic (exact) mass is 185 g/mol. The molecule has 0 heterocycles. The number of benzene rings is 1. The Bertz CT molecular complexity index is 308. The second-order valence-corrected chi connectivity index (χ2v) is 3.34. The van der Waals surface area contributed by atoms with Crippen molar-refractivity contribution in [2.75, 3.05) is 0 Å². The Kier molecular flexibility index (Phi) is 2.98. The van der Waals surface area contributed by atoms with Gasteiger partial charge in [0.1, 0.15) is 11.6 Å². The molecule has 1 aromatic rings. The first-order valence-corrected chi connectivity index (χ1v) is 4.21. The Balaban J connectivity index is 3.10. The molecule has 0 amide bonds. The molecular weight excluding hydrogens is 172 g/mol. The molecule has 2 N–H and O–H groups in total. The summed E-state index contributed by atoms with van der Waals surface area (Å²) in [6.45, 7) is 3.33. The molecule has 0 aliphatic carbocycles. The zero-order valence-corrected chi connectivity index (χ0v) is 7.77. The molecule has 0 radical (unpaired) electrons. The van der Waals surface area contributed by atoms with Gasteiger partial charge in [0.15, 0.2) is 0 Å². The van der Waals surface area contributed by atoms with Gasteiger partial charge in [0, 0.05) is 11.6 Å². The lowest BCUT2D eigenvalue weighted by Gasteiger charge is -2.09. The maximum atomic E-state index is 13.3. The van der Waals surface area contributed by atoms with Crippen LogP contribution in [0, 0.1) is 18.6 Å². The van der Waals surface area contributed by atoms with Gasteiger partial charge in [-0.3, -0.25) is 0 Å². The summed E-state index contributed by atoms with van der Waals surface area (Å²) in [6.07, 6.45) is 0.235. The molecule has 0 fully saturated rings. The van der Waals surface area contributed by atoms with E-state index < -0.39 is 11.6 Å². The Labute approximate surface area is 76.6 Å². The summed E-state index contributed by atoms with van der Waals surface area (Å²) in [5.74, 6) is -0.988. The van der Waals surface area contributed by atoms with Gasteiger partial charge in [0.05, 0.1) is 0 Å². The van der Waals surface area contributed by atoms with Crippen molar-refractivity contribution in [1.82, 2.24) is 0 Å². The van der Waals surface area contributed by atoms with E-state index in [-0.39, 0.29) is 18.0 Å². The standard InChI is InChI=1S/C10H13F2N/c1-6-3-4-9(11)8(10(6)12)5-7(2)13/h3-4,7H,5,13H2,1-2H3/t7-/m0/s1. The molecule has 0 aromatic heterocycles. The SMILES string of the molecule is Cc1ccc(F)c(C[C@H](C)N)c1F. The van der Waals surface area contributed by atoms with E-state index in [1.54, 1.807) is 13.8 Å². The second-order valence-electron chi connectivity index (χ2n) is 3.34. The molecule has 72 valence electrons. The summed E-state index contributed by atoms with van der Waals surface area (Å²) in [5.41, 5.74) is 6.03. The van der Waals surface area contributed by atoms with Crippen LogP contribution in [0.2, 0.25) is 0 Å². The summed E-state index contributed by atoms with van der Waals surface area (Å²) in [4.78, 5) is 0. The largest absolute Gasteiger partial charge is 0.328 e. The van der Waals surface area contributed by atoms with Gasteiger partial charge in [0.25, 0.3) is 0 Å². The Morgan fingerprint density at radius 3 is 2.54 bits per heavy atom. The highest BCUT2D eigenvalue weighted by molar-refractivity contribution is 5.27. The lowest BCUT2D eigenvalue weighted by atomic mass is 10.0. The third kappa shape index (κ3) is 2.25. The minimum atomic E-state index is -0.514. The molecule has 0 spiro atoms. The fourth-order valence-corrected chi connectivity index (χ4v) is 1.22. The quantitative estimate of drug-likeness (QED) is 0.750. The molecule has 1 nitrogen and oxygen atoms in total. The Morgan fingerprint density at radius 1 is 1.38 bits per heavy atom. The first-order chi connectivity index (χ1) is 6.02. The van der Waals surface area contributed by atoms with E-state index in [1.165, 1.54) is 12.1 Å². The molecule has 3 heteroatoms. The predicted octanol–water partition coefficient (Wildman–Crippen LogP) is 2.16. The maximum Gasteiger partial charge on any atom is 0.132 e. The normalized spacial score (nSPS) is 13.0. The van der Waals surface area contributed by atoms with Crippen LogP contribution in [0.4, 0.5) is 8.78 Å². The van der Waals surface area contributed by atoms with E-state index in [0.717, 1.165) is 0 Å². The van der Waals surface area contributed by atoms with Crippen molar-refractivity contribution >= 4 is 0 Å². The first kappa shape index (κ1) is 10.1. The van der Waals surface area contributed by atoms with E-state index in [9.17, 15) is 8.78 Å².